The highest BCUT2D eigenvalue weighted by atomic mass is 16.4. The molecule has 0 amide bonds. The van der Waals surface area contributed by atoms with E-state index in [1.807, 2.05) is 42.5 Å². The van der Waals surface area contributed by atoms with Gasteiger partial charge in [-0.1, -0.05) is 49.4 Å². The summed E-state index contributed by atoms with van der Waals surface area (Å²) in [5.41, 5.74) is 0.871. The van der Waals surface area contributed by atoms with Crippen molar-refractivity contribution in [1.29, 1.82) is 0 Å². The molecule has 0 aromatic heterocycles. The van der Waals surface area contributed by atoms with Crippen LogP contribution < -0.4 is 0 Å². The van der Waals surface area contributed by atoms with Crippen molar-refractivity contribution in [3.05, 3.63) is 48.0 Å². The molecule has 2 rings (SSSR count). The molecule has 0 aliphatic heterocycles. The van der Waals surface area contributed by atoms with E-state index < -0.39 is 11.9 Å². The maximum Gasteiger partial charge on any atom is 0.307 e. The summed E-state index contributed by atoms with van der Waals surface area (Å²) in [6.45, 7) is 1.60. The lowest BCUT2D eigenvalue weighted by atomic mass is 10.0. The largest absolute Gasteiger partial charge is 0.481 e. The SMILES string of the molecule is CCC(=O)O.O=C(O)Cc1cccc2ccccc12. The maximum atomic E-state index is 10.6. The molecule has 0 aliphatic carbocycles. The van der Waals surface area contributed by atoms with E-state index in [0.717, 1.165) is 16.3 Å². The van der Waals surface area contributed by atoms with E-state index in [-0.39, 0.29) is 12.8 Å². The number of carboxylic acids is 2. The van der Waals surface area contributed by atoms with Gasteiger partial charge in [0.25, 0.3) is 0 Å². The predicted octanol–water partition coefficient (Wildman–Crippen LogP) is 2.95. The summed E-state index contributed by atoms with van der Waals surface area (Å²) in [6.07, 6.45) is 0.307. The molecule has 0 spiro atoms. The topological polar surface area (TPSA) is 74.6 Å². The van der Waals surface area contributed by atoms with Gasteiger partial charge in [-0.05, 0) is 16.3 Å². The van der Waals surface area contributed by atoms with Gasteiger partial charge in [-0.25, -0.2) is 0 Å². The van der Waals surface area contributed by atoms with E-state index >= 15 is 0 Å². The Labute approximate surface area is 111 Å². The number of benzene rings is 2. The summed E-state index contributed by atoms with van der Waals surface area (Å²) in [5.74, 6) is -1.54. The highest BCUT2D eigenvalue weighted by Crippen LogP contribution is 2.18. The third kappa shape index (κ3) is 4.79. The lowest BCUT2D eigenvalue weighted by molar-refractivity contribution is -0.137. The molecule has 2 aromatic carbocycles. The molecule has 4 heteroatoms. The lowest BCUT2D eigenvalue weighted by Gasteiger charge is -2.02. The third-order valence-corrected chi connectivity index (χ3v) is 2.52. The molecule has 0 bridgehead atoms. The van der Waals surface area contributed by atoms with E-state index in [4.69, 9.17) is 10.2 Å². The van der Waals surface area contributed by atoms with E-state index in [0.29, 0.717) is 0 Å². The zero-order chi connectivity index (χ0) is 14.3. The zero-order valence-corrected chi connectivity index (χ0v) is 10.7. The minimum absolute atomic E-state index is 0.0847. The lowest BCUT2D eigenvalue weighted by Crippen LogP contribution is -2.00. The van der Waals surface area contributed by atoms with Crippen LogP contribution in [-0.4, -0.2) is 22.2 Å². The van der Waals surface area contributed by atoms with Crippen LogP contribution in [0.2, 0.25) is 0 Å². The minimum atomic E-state index is -0.790. The van der Waals surface area contributed by atoms with E-state index in [1.54, 1.807) is 6.92 Å². The Morgan fingerprint density at radius 2 is 1.53 bits per heavy atom. The molecule has 0 atom stereocenters. The summed E-state index contributed by atoms with van der Waals surface area (Å²) in [7, 11) is 0. The molecule has 0 aliphatic rings. The number of hydrogen-bond acceptors (Lipinski definition) is 2. The summed E-state index contributed by atoms with van der Waals surface area (Å²) in [5, 5.41) is 18.6. The van der Waals surface area contributed by atoms with Crippen molar-refractivity contribution in [3.63, 3.8) is 0 Å². The maximum absolute atomic E-state index is 10.6. The van der Waals surface area contributed by atoms with Crippen molar-refractivity contribution in [3.8, 4) is 0 Å². The van der Waals surface area contributed by atoms with Gasteiger partial charge in [-0.3, -0.25) is 9.59 Å². The number of carbonyl (C=O) groups is 2. The van der Waals surface area contributed by atoms with Gasteiger partial charge in [-0.2, -0.15) is 0 Å². The first-order valence-corrected chi connectivity index (χ1v) is 5.94. The summed E-state index contributed by atoms with van der Waals surface area (Å²) < 4.78 is 0. The average Bonchev–Trinajstić information content (AvgIpc) is 2.39. The first kappa shape index (κ1) is 14.7. The summed E-state index contributed by atoms with van der Waals surface area (Å²) >= 11 is 0. The number of rotatable bonds is 3. The van der Waals surface area contributed by atoms with Gasteiger partial charge < -0.3 is 10.2 Å². The number of hydrogen-bond donors (Lipinski definition) is 2. The van der Waals surface area contributed by atoms with Crippen LogP contribution in [0.4, 0.5) is 0 Å². The predicted molar refractivity (Wildman–Crippen MR) is 73.2 cm³/mol. The Balaban J connectivity index is 0.000000312. The van der Waals surface area contributed by atoms with Gasteiger partial charge in [0.1, 0.15) is 0 Å². The van der Waals surface area contributed by atoms with Crippen molar-refractivity contribution in [1.82, 2.24) is 0 Å². The van der Waals surface area contributed by atoms with Crippen LogP contribution in [0.1, 0.15) is 18.9 Å². The molecule has 2 aromatic rings. The van der Waals surface area contributed by atoms with E-state index in [2.05, 4.69) is 0 Å². The Bertz CT molecular complexity index is 570. The Morgan fingerprint density at radius 3 is 2.11 bits per heavy atom. The standard InChI is InChI=1S/C12H10O2.C3H6O2/c13-12(14)8-10-6-3-5-9-4-1-2-7-11(9)10;1-2-3(4)5/h1-7H,8H2,(H,13,14);2H2,1H3,(H,4,5). The molecule has 0 saturated heterocycles. The molecule has 2 N–H and O–H groups in total. The van der Waals surface area contributed by atoms with Crippen molar-refractivity contribution in [2.75, 3.05) is 0 Å². The molecular formula is C15H16O4. The van der Waals surface area contributed by atoms with Crippen LogP contribution in [-0.2, 0) is 16.0 Å². The van der Waals surface area contributed by atoms with Crippen LogP contribution in [0.25, 0.3) is 10.8 Å². The van der Waals surface area contributed by atoms with Gasteiger partial charge in [0.2, 0.25) is 0 Å². The molecule has 0 heterocycles. The molecular weight excluding hydrogens is 244 g/mol. The van der Waals surface area contributed by atoms with E-state index in [1.165, 1.54) is 0 Å². The second-order valence-electron chi connectivity index (χ2n) is 3.96. The molecule has 0 radical (unpaired) electrons. The zero-order valence-electron chi connectivity index (χ0n) is 10.7. The van der Waals surface area contributed by atoms with Gasteiger partial charge in [0, 0.05) is 6.42 Å². The number of aliphatic carboxylic acids is 2. The second kappa shape index (κ2) is 7.16. The van der Waals surface area contributed by atoms with Crippen LogP contribution >= 0.6 is 0 Å². The van der Waals surface area contributed by atoms with Crippen LogP contribution in [0.5, 0.6) is 0 Å². The fourth-order valence-corrected chi connectivity index (χ4v) is 1.61. The highest BCUT2D eigenvalue weighted by molar-refractivity contribution is 5.88. The monoisotopic (exact) mass is 260 g/mol. The first-order valence-electron chi connectivity index (χ1n) is 5.94. The third-order valence-electron chi connectivity index (χ3n) is 2.52. The fraction of sp³-hybridized carbons (Fsp3) is 0.200. The molecule has 0 unspecified atom stereocenters. The smallest absolute Gasteiger partial charge is 0.307 e. The quantitative estimate of drug-likeness (QED) is 0.889. The molecule has 0 fully saturated rings. The normalized spacial score (nSPS) is 9.53. The Kier molecular flexibility index (Phi) is 5.54. The Morgan fingerprint density at radius 1 is 0.947 bits per heavy atom. The van der Waals surface area contributed by atoms with Crippen molar-refractivity contribution >= 4 is 22.7 Å². The van der Waals surface area contributed by atoms with Gasteiger partial charge in [-0.15, -0.1) is 0 Å². The second-order valence-corrected chi connectivity index (χ2v) is 3.96. The molecule has 0 saturated carbocycles. The number of carboxylic acid groups (broad SMARTS) is 2. The van der Waals surface area contributed by atoms with Gasteiger partial charge in [0.15, 0.2) is 0 Å². The number of fused-ring (bicyclic) bond motifs is 1. The fourth-order valence-electron chi connectivity index (χ4n) is 1.61. The van der Waals surface area contributed by atoms with Crippen LogP contribution in [0.15, 0.2) is 42.5 Å². The van der Waals surface area contributed by atoms with Crippen molar-refractivity contribution < 1.29 is 19.8 Å². The highest BCUT2D eigenvalue weighted by Gasteiger charge is 2.03. The van der Waals surface area contributed by atoms with Gasteiger partial charge >= 0.3 is 11.9 Å². The minimum Gasteiger partial charge on any atom is -0.481 e. The molecule has 4 nitrogen and oxygen atoms in total. The molecule has 19 heavy (non-hydrogen) atoms. The van der Waals surface area contributed by atoms with E-state index in [9.17, 15) is 9.59 Å². The van der Waals surface area contributed by atoms with Gasteiger partial charge in [0.05, 0.1) is 6.42 Å². The van der Waals surface area contributed by atoms with Crippen LogP contribution in [0, 0.1) is 0 Å². The summed E-state index contributed by atoms with van der Waals surface area (Å²) in [4.78, 5) is 20.0. The van der Waals surface area contributed by atoms with Crippen molar-refractivity contribution in [2.45, 2.75) is 19.8 Å². The first-order chi connectivity index (χ1) is 9.04. The average molecular weight is 260 g/mol. The molecule has 100 valence electrons. The van der Waals surface area contributed by atoms with Crippen molar-refractivity contribution in [2.24, 2.45) is 0 Å². The summed E-state index contributed by atoms with van der Waals surface area (Å²) in [6, 6.07) is 13.5. The van der Waals surface area contributed by atoms with Crippen LogP contribution in [0.3, 0.4) is 0 Å². The Hall–Kier alpha value is -2.36.